The van der Waals surface area contributed by atoms with Crippen molar-refractivity contribution in [2.45, 2.75) is 13.3 Å². The van der Waals surface area contributed by atoms with E-state index in [1.54, 1.807) is 18.4 Å². The standard InChI is InChI=1S/C14H12F3NO3S/c1-2-20-11-7-8-22-12(11)13(19)18-9-3-5-10(6-4-9)21-14(15,16)17/h3-8H,2H2,1H3,(H,18,19). The molecule has 8 heteroatoms. The molecule has 1 amide bonds. The second-order valence-electron chi connectivity index (χ2n) is 4.07. The highest BCUT2D eigenvalue weighted by Gasteiger charge is 2.31. The fourth-order valence-corrected chi connectivity index (χ4v) is 2.39. The van der Waals surface area contributed by atoms with Crippen LogP contribution in [0.3, 0.4) is 0 Å². The van der Waals surface area contributed by atoms with E-state index in [1.165, 1.54) is 23.5 Å². The molecule has 0 bridgehead atoms. The lowest BCUT2D eigenvalue weighted by Crippen LogP contribution is -2.17. The zero-order valence-electron chi connectivity index (χ0n) is 11.4. The van der Waals surface area contributed by atoms with Crippen LogP contribution in [0.25, 0.3) is 0 Å². The smallest absolute Gasteiger partial charge is 0.492 e. The van der Waals surface area contributed by atoms with E-state index in [2.05, 4.69) is 10.1 Å². The minimum atomic E-state index is -4.74. The summed E-state index contributed by atoms with van der Waals surface area (Å²) in [4.78, 5) is 12.5. The first kappa shape index (κ1) is 16.2. The molecule has 0 saturated heterocycles. The molecule has 0 atom stereocenters. The molecular weight excluding hydrogens is 319 g/mol. The Kier molecular flexibility index (Phi) is 4.92. The Morgan fingerprint density at radius 2 is 1.91 bits per heavy atom. The molecule has 118 valence electrons. The molecule has 2 rings (SSSR count). The van der Waals surface area contributed by atoms with E-state index in [9.17, 15) is 18.0 Å². The predicted octanol–water partition coefficient (Wildman–Crippen LogP) is 4.30. The van der Waals surface area contributed by atoms with Crippen molar-refractivity contribution in [3.8, 4) is 11.5 Å². The highest BCUT2D eigenvalue weighted by atomic mass is 32.1. The largest absolute Gasteiger partial charge is 0.573 e. The number of benzene rings is 1. The summed E-state index contributed by atoms with van der Waals surface area (Å²) < 4.78 is 45.2. The van der Waals surface area contributed by atoms with Gasteiger partial charge in [0.05, 0.1) is 6.61 Å². The zero-order chi connectivity index (χ0) is 16.2. The highest BCUT2D eigenvalue weighted by molar-refractivity contribution is 7.12. The third-order valence-corrected chi connectivity index (χ3v) is 3.38. The highest BCUT2D eigenvalue weighted by Crippen LogP contribution is 2.27. The van der Waals surface area contributed by atoms with Gasteiger partial charge in [-0.15, -0.1) is 24.5 Å². The molecule has 4 nitrogen and oxygen atoms in total. The number of thiophene rings is 1. The number of carbonyl (C=O) groups excluding carboxylic acids is 1. The third kappa shape index (κ3) is 4.39. The number of amides is 1. The quantitative estimate of drug-likeness (QED) is 0.889. The molecule has 0 aliphatic carbocycles. The maximum absolute atomic E-state index is 12.1. The van der Waals surface area contributed by atoms with Gasteiger partial charge in [0, 0.05) is 5.69 Å². The lowest BCUT2D eigenvalue weighted by Gasteiger charge is -2.10. The molecule has 0 saturated carbocycles. The van der Waals surface area contributed by atoms with Crippen molar-refractivity contribution in [1.82, 2.24) is 0 Å². The number of halogens is 3. The topological polar surface area (TPSA) is 47.6 Å². The number of nitrogens with one attached hydrogen (secondary N) is 1. The van der Waals surface area contributed by atoms with Crippen LogP contribution >= 0.6 is 11.3 Å². The van der Waals surface area contributed by atoms with Gasteiger partial charge in [0.1, 0.15) is 16.4 Å². The molecule has 0 spiro atoms. The Hall–Kier alpha value is -2.22. The molecule has 1 aromatic heterocycles. The Morgan fingerprint density at radius 1 is 1.23 bits per heavy atom. The maximum atomic E-state index is 12.1. The van der Waals surface area contributed by atoms with Gasteiger partial charge in [-0.25, -0.2) is 0 Å². The van der Waals surface area contributed by atoms with Gasteiger partial charge in [-0.05, 0) is 42.6 Å². The van der Waals surface area contributed by atoms with E-state index >= 15 is 0 Å². The Labute approximate surface area is 128 Å². The molecule has 1 heterocycles. The van der Waals surface area contributed by atoms with Gasteiger partial charge in [-0.2, -0.15) is 0 Å². The summed E-state index contributed by atoms with van der Waals surface area (Å²) >= 11 is 1.22. The van der Waals surface area contributed by atoms with Gasteiger partial charge in [-0.3, -0.25) is 4.79 Å². The van der Waals surface area contributed by atoms with Crippen molar-refractivity contribution in [2.24, 2.45) is 0 Å². The SMILES string of the molecule is CCOc1ccsc1C(=O)Nc1ccc(OC(F)(F)F)cc1. The fraction of sp³-hybridized carbons (Fsp3) is 0.214. The van der Waals surface area contributed by atoms with Crippen molar-refractivity contribution in [1.29, 1.82) is 0 Å². The van der Waals surface area contributed by atoms with Crippen LogP contribution in [-0.2, 0) is 0 Å². The van der Waals surface area contributed by atoms with E-state index in [4.69, 9.17) is 4.74 Å². The molecule has 1 aromatic carbocycles. The lowest BCUT2D eigenvalue weighted by atomic mass is 10.3. The van der Waals surface area contributed by atoms with Crippen LogP contribution in [0.15, 0.2) is 35.7 Å². The van der Waals surface area contributed by atoms with E-state index in [1.807, 2.05) is 0 Å². The van der Waals surface area contributed by atoms with E-state index in [0.29, 0.717) is 22.9 Å². The summed E-state index contributed by atoms with van der Waals surface area (Å²) in [7, 11) is 0. The molecule has 22 heavy (non-hydrogen) atoms. The lowest BCUT2D eigenvalue weighted by molar-refractivity contribution is -0.274. The van der Waals surface area contributed by atoms with Crippen molar-refractivity contribution in [3.05, 3.63) is 40.6 Å². The third-order valence-electron chi connectivity index (χ3n) is 2.48. The predicted molar refractivity (Wildman–Crippen MR) is 76.6 cm³/mol. The van der Waals surface area contributed by atoms with Crippen molar-refractivity contribution >= 4 is 22.9 Å². The molecular formula is C14H12F3NO3S. The Balaban J connectivity index is 2.04. The van der Waals surface area contributed by atoms with Crippen LogP contribution in [0.5, 0.6) is 11.5 Å². The summed E-state index contributed by atoms with van der Waals surface area (Å²) in [6.45, 7) is 2.24. The summed E-state index contributed by atoms with van der Waals surface area (Å²) in [5.74, 6) is -0.262. The van der Waals surface area contributed by atoms with Crippen LogP contribution < -0.4 is 14.8 Å². The van der Waals surface area contributed by atoms with Crippen molar-refractivity contribution < 1.29 is 27.4 Å². The maximum Gasteiger partial charge on any atom is 0.573 e. The summed E-state index contributed by atoms with van der Waals surface area (Å²) in [6.07, 6.45) is -4.74. The van der Waals surface area contributed by atoms with Gasteiger partial charge >= 0.3 is 6.36 Å². The second kappa shape index (κ2) is 6.69. The van der Waals surface area contributed by atoms with Gasteiger partial charge in [0.15, 0.2) is 0 Å². The van der Waals surface area contributed by atoms with E-state index < -0.39 is 6.36 Å². The van der Waals surface area contributed by atoms with Crippen LogP contribution in [0, 0.1) is 0 Å². The molecule has 2 aromatic rings. The minimum Gasteiger partial charge on any atom is -0.492 e. The van der Waals surface area contributed by atoms with Crippen molar-refractivity contribution in [2.75, 3.05) is 11.9 Å². The average Bonchev–Trinajstić information content (AvgIpc) is 2.88. The number of anilines is 1. The number of rotatable bonds is 5. The normalized spacial score (nSPS) is 11.1. The first-order valence-corrected chi connectivity index (χ1v) is 7.14. The van der Waals surface area contributed by atoms with E-state index in [0.717, 1.165) is 12.1 Å². The molecule has 0 aliphatic heterocycles. The molecule has 0 aliphatic rings. The van der Waals surface area contributed by atoms with Crippen LogP contribution in [0.2, 0.25) is 0 Å². The fourth-order valence-electron chi connectivity index (χ4n) is 1.66. The van der Waals surface area contributed by atoms with Gasteiger partial charge < -0.3 is 14.8 Å². The van der Waals surface area contributed by atoms with Crippen LogP contribution in [0.4, 0.5) is 18.9 Å². The monoisotopic (exact) mass is 331 g/mol. The van der Waals surface area contributed by atoms with Crippen LogP contribution in [-0.4, -0.2) is 18.9 Å². The minimum absolute atomic E-state index is 0.350. The first-order valence-electron chi connectivity index (χ1n) is 6.26. The summed E-state index contributed by atoms with van der Waals surface area (Å²) in [6, 6.07) is 6.59. The Morgan fingerprint density at radius 3 is 2.50 bits per heavy atom. The van der Waals surface area contributed by atoms with Crippen molar-refractivity contribution in [3.63, 3.8) is 0 Å². The number of hydrogen-bond donors (Lipinski definition) is 1. The summed E-state index contributed by atoms with van der Waals surface area (Å²) in [5, 5.41) is 4.31. The second-order valence-corrected chi connectivity index (χ2v) is 4.99. The summed E-state index contributed by atoms with van der Waals surface area (Å²) in [5.41, 5.74) is 0.357. The average molecular weight is 331 g/mol. The first-order chi connectivity index (χ1) is 10.4. The number of ether oxygens (including phenoxy) is 2. The molecule has 1 N–H and O–H groups in total. The number of carbonyl (C=O) groups is 1. The Bertz CT molecular complexity index is 638. The van der Waals surface area contributed by atoms with E-state index in [-0.39, 0.29) is 11.7 Å². The van der Waals surface area contributed by atoms with Crippen LogP contribution in [0.1, 0.15) is 16.6 Å². The zero-order valence-corrected chi connectivity index (χ0v) is 12.3. The van der Waals surface area contributed by atoms with Gasteiger partial charge in [0.25, 0.3) is 5.91 Å². The van der Waals surface area contributed by atoms with Gasteiger partial charge in [0.2, 0.25) is 0 Å². The number of alkyl halides is 3. The molecule has 0 radical (unpaired) electrons. The van der Waals surface area contributed by atoms with Gasteiger partial charge in [-0.1, -0.05) is 0 Å². The molecule has 0 fully saturated rings. The number of hydrogen-bond acceptors (Lipinski definition) is 4. The molecule has 0 unspecified atom stereocenters.